The van der Waals surface area contributed by atoms with Gasteiger partial charge in [0.25, 0.3) is 0 Å². The van der Waals surface area contributed by atoms with Crippen LogP contribution < -0.4 is 5.32 Å². The molecule has 2 atom stereocenters. The normalized spacial score (nSPS) is 14.2. The molecule has 0 aliphatic rings. The third kappa shape index (κ3) is 7.18. The van der Waals surface area contributed by atoms with Gasteiger partial charge in [0.05, 0.1) is 5.69 Å². The third-order valence-corrected chi connectivity index (χ3v) is 7.79. The van der Waals surface area contributed by atoms with Crippen molar-refractivity contribution in [1.82, 2.24) is 15.3 Å². The Hall–Kier alpha value is -3.92. The number of pyridine rings is 1. The first kappa shape index (κ1) is 29.1. The second-order valence-corrected chi connectivity index (χ2v) is 10.7. The van der Waals surface area contributed by atoms with Crippen molar-refractivity contribution >= 4 is 16.5 Å². The van der Waals surface area contributed by atoms with Crippen LogP contribution in [0.15, 0.2) is 97.0 Å². The number of allylic oxidation sites excluding steroid dienone is 4. The first-order valence-corrected chi connectivity index (χ1v) is 14.5. The smallest absolute Gasteiger partial charge is 0.126 e. The zero-order valence-corrected chi connectivity index (χ0v) is 24.5. The molecule has 2 heterocycles. The molecule has 4 aromatic rings. The van der Waals surface area contributed by atoms with Crippen LogP contribution in [0.4, 0.5) is 4.39 Å². The van der Waals surface area contributed by atoms with Crippen LogP contribution in [0.5, 0.6) is 0 Å². The lowest BCUT2D eigenvalue weighted by atomic mass is 9.93. The molecule has 0 bridgehead atoms. The molecule has 0 saturated heterocycles. The summed E-state index contributed by atoms with van der Waals surface area (Å²) in [5.41, 5.74) is 8.60. The molecule has 0 radical (unpaired) electrons. The fourth-order valence-corrected chi connectivity index (χ4v) is 5.09. The van der Waals surface area contributed by atoms with E-state index in [1.54, 1.807) is 19.2 Å². The maximum Gasteiger partial charge on any atom is 0.126 e. The minimum atomic E-state index is -0.199. The SMILES string of the molecule is C/C=C(\C=C/C(C)N/C=C(/CCCc1c[nH]c2ccccc12)C(C)CC)c1cccnc1-c1ccc(F)c(C)c1. The Morgan fingerprint density at radius 1 is 1.10 bits per heavy atom. The minimum Gasteiger partial charge on any atom is -0.385 e. The van der Waals surface area contributed by atoms with Gasteiger partial charge in [0.15, 0.2) is 0 Å². The fourth-order valence-electron chi connectivity index (χ4n) is 5.09. The van der Waals surface area contributed by atoms with Crippen LogP contribution in [0.3, 0.4) is 0 Å². The first-order chi connectivity index (χ1) is 19.4. The molecule has 0 aliphatic carbocycles. The van der Waals surface area contributed by atoms with Gasteiger partial charge >= 0.3 is 0 Å². The number of aromatic nitrogens is 2. The average molecular weight is 536 g/mol. The summed E-state index contributed by atoms with van der Waals surface area (Å²) in [7, 11) is 0. The van der Waals surface area contributed by atoms with Crippen molar-refractivity contribution in [2.75, 3.05) is 0 Å². The predicted octanol–water partition coefficient (Wildman–Crippen LogP) is 9.57. The largest absolute Gasteiger partial charge is 0.385 e. The number of aromatic amines is 1. The molecule has 0 aliphatic heterocycles. The minimum absolute atomic E-state index is 0.163. The maximum atomic E-state index is 13.9. The molecule has 0 fully saturated rings. The Morgan fingerprint density at radius 2 is 1.93 bits per heavy atom. The Kier molecular flexibility index (Phi) is 10.1. The highest BCUT2D eigenvalue weighted by atomic mass is 19.1. The fraction of sp³-hybridized carbons (Fsp3) is 0.306. The summed E-state index contributed by atoms with van der Waals surface area (Å²) in [5, 5.41) is 4.96. The van der Waals surface area contributed by atoms with E-state index >= 15 is 0 Å². The van der Waals surface area contributed by atoms with Gasteiger partial charge < -0.3 is 10.3 Å². The van der Waals surface area contributed by atoms with Crippen LogP contribution in [0.1, 0.15) is 63.6 Å². The first-order valence-electron chi connectivity index (χ1n) is 14.5. The van der Waals surface area contributed by atoms with Gasteiger partial charge in [0.2, 0.25) is 0 Å². The summed E-state index contributed by atoms with van der Waals surface area (Å²) in [6.45, 7) is 10.6. The highest BCUT2D eigenvalue weighted by Gasteiger charge is 2.12. The number of hydrogen-bond donors (Lipinski definition) is 2. The molecule has 3 nitrogen and oxygen atoms in total. The number of rotatable bonds is 12. The van der Waals surface area contributed by atoms with Gasteiger partial charge in [0, 0.05) is 40.5 Å². The Bertz CT molecular complexity index is 1510. The molecule has 40 heavy (non-hydrogen) atoms. The van der Waals surface area contributed by atoms with Crippen molar-refractivity contribution < 1.29 is 4.39 Å². The van der Waals surface area contributed by atoms with E-state index in [1.807, 2.05) is 19.1 Å². The molecule has 4 rings (SSSR count). The number of fused-ring (bicyclic) bond motifs is 1. The van der Waals surface area contributed by atoms with Crippen molar-refractivity contribution in [3.63, 3.8) is 0 Å². The second-order valence-electron chi connectivity index (χ2n) is 10.7. The number of H-pyrrole nitrogens is 1. The van der Waals surface area contributed by atoms with Crippen LogP contribution in [0, 0.1) is 18.7 Å². The Morgan fingerprint density at radius 3 is 2.70 bits per heavy atom. The topological polar surface area (TPSA) is 40.7 Å². The molecule has 0 spiro atoms. The van der Waals surface area contributed by atoms with Crippen molar-refractivity contribution in [3.05, 3.63) is 119 Å². The summed E-state index contributed by atoms with van der Waals surface area (Å²) >= 11 is 0. The van der Waals surface area contributed by atoms with E-state index in [-0.39, 0.29) is 11.9 Å². The van der Waals surface area contributed by atoms with Gasteiger partial charge in [-0.3, -0.25) is 4.98 Å². The van der Waals surface area contributed by atoms with Gasteiger partial charge in [-0.15, -0.1) is 0 Å². The van der Waals surface area contributed by atoms with Crippen molar-refractivity contribution in [2.45, 2.75) is 66.3 Å². The Balaban J connectivity index is 1.42. The van der Waals surface area contributed by atoms with Crippen LogP contribution in [0.25, 0.3) is 27.7 Å². The third-order valence-electron chi connectivity index (χ3n) is 7.79. The molecular weight excluding hydrogens is 493 g/mol. The molecule has 208 valence electrons. The highest BCUT2D eigenvalue weighted by molar-refractivity contribution is 5.84. The lowest BCUT2D eigenvalue weighted by Gasteiger charge is -2.17. The van der Waals surface area contributed by atoms with E-state index in [1.165, 1.54) is 28.1 Å². The lowest BCUT2D eigenvalue weighted by molar-refractivity contribution is 0.597. The van der Waals surface area contributed by atoms with E-state index in [4.69, 9.17) is 0 Å². The molecule has 2 N–H and O–H groups in total. The van der Waals surface area contributed by atoms with Crippen molar-refractivity contribution in [1.29, 1.82) is 0 Å². The number of halogens is 1. The zero-order valence-electron chi connectivity index (χ0n) is 24.5. The summed E-state index contributed by atoms with van der Waals surface area (Å²) in [6.07, 6.45) is 17.0. The van der Waals surface area contributed by atoms with E-state index in [2.05, 4.69) is 97.0 Å². The number of nitrogens with one attached hydrogen (secondary N) is 2. The summed E-state index contributed by atoms with van der Waals surface area (Å²) < 4.78 is 13.9. The standard InChI is InChI=1S/C36H42FN3/c1-6-25(3)30(12-10-13-31-24-40-35-16-9-8-14-32(31)35)23-39-27(5)17-18-28(7-2)33-15-11-21-38-36(33)29-19-20-34(37)26(4)22-29/h7-9,11,14-25,27,39-40H,6,10,12-13H2,1-5H3/b18-17-,28-7+,30-23-. The van der Waals surface area contributed by atoms with E-state index < -0.39 is 0 Å². The number of nitrogens with zero attached hydrogens (tertiary/aromatic N) is 1. The monoisotopic (exact) mass is 535 g/mol. The number of aryl methyl sites for hydroxylation is 2. The molecular formula is C36H42FN3. The summed E-state index contributed by atoms with van der Waals surface area (Å²) in [6, 6.07) is 17.9. The summed E-state index contributed by atoms with van der Waals surface area (Å²) in [4.78, 5) is 8.04. The number of hydrogen-bond acceptors (Lipinski definition) is 2. The molecule has 4 heteroatoms. The van der Waals surface area contributed by atoms with Gasteiger partial charge in [-0.1, -0.05) is 61.9 Å². The number of para-hydroxylation sites is 1. The quantitative estimate of drug-likeness (QED) is 0.177. The van der Waals surface area contributed by atoms with Crippen LogP contribution in [0.2, 0.25) is 0 Å². The van der Waals surface area contributed by atoms with E-state index in [0.717, 1.165) is 48.1 Å². The van der Waals surface area contributed by atoms with Crippen molar-refractivity contribution in [2.24, 2.45) is 5.92 Å². The van der Waals surface area contributed by atoms with Gasteiger partial charge in [-0.2, -0.15) is 0 Å². The van der Waals surface area contributed by atoms with Crippen LogP contribution in [-0.4, -0.2) is 16.0 Å². The molecule has 0 saturated carbocycles. The maximum absolute atomic E-state index is 13.9. The Labute approximate surface area is 239 Å². The highest BCUT2D eigenvalue weighted by Crippen LogP contribution is 2.29. The summed E-state index contributed by atoms with van der Waals surface area (Å²) in [5.74, 6) is 0.338. The van der Waals surface area contributed by atoms with Crippen molar-refractivity contribution in [3.8, 4) is 11.3 Å². The average Bonchev–Trinajstić information content (AvgIpc) is 3.39. The van der Waals surface area contributed by atoms with E-state index in [9.17, 15) is 4.39 Å². The van der Waals surface area contributed by atoms with Crippen LogP contribution >= 0.6 is 0 Å². The van der Waals surface area contributed by atoms with Crippen LogP contribution in [-0.2, 0) is 6.42 Å². The van der Waals surface area contributed by atoms with Gasteiger partial charge in [-0.05, 0) is 106 Å². The van der Waals surface area contributed by atoms with Gasteiger partial charge in [-0.25, -0.2) is 4.39 Å². The van der Waals surface area contributed by atoms with Gasteiger partial charge in [0.1, 0.15) is 5.82 Å². The second kappa shape index (κ2) is 13.9. The zero-order chi connectivity index (χ0) is 28.5. The molecule has 2 aromatic heterocycles. The molecule has 0 amide bonds. The lowest BCUT2D eigenvalue weighted by Crippen LogP contribution is -2.19. The van der Waals surface area contributed by atoms with E-state index in [0.29, 0.717) is 11.5 Å². The predicted molar refractivity (Wildman–Crippen MR) is 169 cm³/mol. The number of benzene rings is 2. The molecule has 2 aromatic carbocycles. The molecule has 2 unspecified atom stereocenters.